The molecule has 1 atom stereocenters. The van der Waals surface area contributed by atoms with Gasteiger partial charge in [-0.15, -0.1) is 0 Å². The van der Waals surface area contributed by atoms with Crippen LogP contribution in [-0.2, 0) is 0 Å². The Bertz CT molecular complexity index is 453. The topological polar surface area (TPSA) is 20.3 Å². The van der Waals surface area contributed by atoms with E-state index >= 15 is 0 Å². The number of hydrogen-bond donors (Lipinski definition) is 0. The van der Waals surface area contributed by atoms with Crippen LogP contribution in [0.2, 0.25) is 0 Å². The zero-order valence-electron chi connectivity index (χ0n) is 9.83. The first-order valence-corrected chi connectivity index (χ1v) is 8.91. The van der Waals surface area contributed by atoms with Crippen molar-refractivity contribution in [3.05, 3.63) is 31.8 Å². The van der Waals surface area contributed by atoms with Crippen molar-refractivity contribution in [2.75, 3.05) is 18.4 Å². The summed E-state index contributed by atoms with van der Waals surface area (Å²) in [7, 11) is 0. The third kappa shape index (κ3) is 3.48. The molecule has 0 saturated carbocycles. The Hall–Kier alpha value is 0.380. The summed E-state index contributed by atoms with van der Waals surface area (Å²) in [5, 5.41) is 0.976. The molecule has 1 aromatic rings. The van der Waals surface area contributed by atoms with E-state index in [-0.39, 0.29) is 5.91 Å². The predicted octanol–water partition coefficient (Wildman–Crippen LogP) is 4.30. The van der Waals surface area contributed by atoms with Crippen LogP contribution in [0, 0.1) is 9.49 Å². The number of rotatable bonds is 2. The van der Waals surface area contributed by atoms with Crippen molar-refractivity contribution in [2.24, 2.45) is 5.92 Å². The van der Waals surface area contributed by atoms with Crippen LogP contribution in [0.4, 0.5) is 0 Å². The summed E-state index contributed by atoms with van der Waals surface area (Å²) in [5.74, 6) is 0.732. The van der Waals surface area contributed by atoms with Gasteiger partial charge in [-0.2, -0.15) is 0 Å². The molecule has 0 bridgehead atoms. The van der Waals surface area contributed by atoms with Gasteiger partial charge in [0, 0.05) is 26.5 Å². The number of carbonyl (C=O) groups excluding carboxylic acids is 1. The molecule has 1 heterocycles. The summed E-state index contributed by atoms with van der Waals surface area (Å²) in [6, 6.07) is 5.89. The molecule has 2 rings (SSSR count). The van der Waals surface area contributed by atoms with Crippen LogP contribution in [0.1, 0.15) is 23.2 Å². The van der Waals surface area contributed by atoms with Crippen LogP contribution in [0.3, 0.4) is 0 Å². The Balaban J connectivity index is 2.17. The summed E-state index contributed by atoms with van der Waals surface area (Å²) in [6.45, 7) is 1.74. The zero-order chi connectivity index (χ0) is 13.1. The molecule has 1 fully saturated rings. The Morgan fingerprint density at radius 1 is 1.50 bits per heavy atom. The molecule has 1 aliphatic rings. The molecule has 5 heteroatoms. The van der Waals surface area contributed by atoms with Gasteiger partial charge in [0.1, 0.15) is 0 Å². The maximum absolute atomic E-state index is 12.5. The van der Waals surface area contributed by atoms with E-state index in [1.165, 1.54) is 6.42 Å². The van der Waals surface area contributed by atoms with Crippen LogP contribution in [-0.4, -0.2) is 29.2 Å². The summed E-state index contributed by atoms with van der Waals surface area (Å²) in [6.07, 6.45) is 2.31. The number of carbonyl (C=O) groups is 1. The lowest BCUT2D eigenvalue weighted by molar-refractivity contribution is 0.0685. The number of alkyl halides is 1. The van der Waals surface area contributed by atoms with Gasteiger partial charge in [0.05, 0.1) is 5.56 Å². The second-order valence-corrected chi connectivity index (χ2v) is 7.29. The van der Waals surface area contributed by atoms with Gasteiger partial charge in [0.25, 0.3) is 5.91 Å². The lowest BCUT2D eigenvalue weighted by atomic mass is 9.99. The SMILES string of the molecule is O=C(c1cc(I)ccc1Br)N1CCCC(CBr)C1. The highest BCUT2D eigenvalue weighted by molar-refractivity contribution is 14.1. The highest BCUT2D eigenvalue weighted by Gasteiger charge is 2.25. The fourth-order valence-corrected chi connectivity index (χ4v) is 3.64. The highest BCUT2D eigenvalue weighted by atomic mass is 127. The first-order chi connectivity index (χ1) is 8.61. The van der Waals surface area contributed by atoms with Crippen LogP contribution in [0.25, 0.3) is 0 Å². The number of amides is 1. The first kappa shape index (κ1) is 14.8. The van der Waals surface area contributed by atoms with Gasteiger partial charge in [-0.05, 0) is 75.5 Å². The number of halogens is 3. The second-order valence-electron chi connectivity index (χ2n) is 4.54. The molecule has 18 heavy (non-hydrogen) atoms. The van der Waals surface area contributed by atoms with E-state index < -0.39 is 0 Å². The normalized spacial score (nSPS) is 19.9. The second kappa shape index (κ2) is 6.70. The van der Waals surface area contributed by atoms with E-state index in [1.807, 2.05) is 23.1 Å². The highest BCUT2D eigenvalue weighted by Crippen LogP contribution is 2.24. The summed E-state index contributed by atoms with van der Waals surface area (Å²) < 4.78 is 1.97. The summed E-state index contributed by atoms with van der Waals surface area (Å²) >= 11 is 9.23. The van der Waals surface area contributed by atoms with Gasteiger partial charge in [0.2, 0.25) is 0 Å². The first-order valence-electron chi connectivity index (χ1n) is 5.92. The average Bonchev–Trinajstić information content (AvgIpc) is 2.41. The zero-order valence-corrected chi connectivity index (χ0v) is 15.2. The van der Waals surface area contributed by atoms with Crippen molar-refractivity contribution >= 4 is 60.4 Å². The predicted molar refractivity (Wildman–Crippen MR) is 89.3 cm³/mol. The molecule has 0 aliphatic carbocycles. The number of likely N-dealkylation sites (tertiary alicyclic amines) is 1. The van der Waals surface area contributed by atoms with E-state index in [4.69, 9.17) is 0 Å². The van der Waals surface area contributed by atoms with Gasteiger partial charge in [0.15, 0.2) is 0 Å². The molecule has 1 aliphatic heterocycles. The van der Waals surface area contributed by atoms with E-state index in [0.717, 1.165) is 38.4 Å². The Labute approximate surface area is 138 Å². The lowest BCUT2D eigenvalue weighted by Crippen LogP contribution is -2.40. The van der Waals surface area contributed by atoms with E-state index in [2.05, 4.69) is 54.5 Å². The number of nitrogens with zero attached hydrogens (tertiary/aromatic N) is 1. The van der Waals surface area contributed by atoms with Crippen molar-refractivity contribution in [2.45, 2.75) is 12.8 Å². The maximum Gasteiger partial charge on any atom is 0.255 e. The third-order valence-corrected chi connectivity index (χ3v) is 5.46. The van der Waals surface area contributed by atoms with Crippen LogP contribution < -0.4 is 0 Å². The molecule has 1 aromatic carbocycles. The average molecular weight is 487 g/mol. The Morgan fingerprint density at radius 2 is 2.28 bits per heavy atom. The van der Waals surface area contributed by atoms with Crippen LogP contribution >= 0.6 is 54.5 Å². The fourth-order valence-electron chi connectivity index (χ4n) is 2.21. The number of benzene rings is 1. The fraction of sp³-hybridized carbons (Fsp3) is 0.462. The minimum absolute atomic E-state index is 0.144. The molecule has 1 unspecified atom stereocenters. The van der Waals surface area contributed by atoms with Crippen LogP contribution in [0.15, 0.2) is 22.7 Å². The van der Waals surface area contributed by atoms with Gasteiger partial charge in [-0.1, -0.05) is 15.9 Å². The Morgan fingerprint density at radius 3 is 3.00 bits per heavy atom. The molecular weight excluding hydrogens is 473 g/mol. The van der Waals surface area contributed by atoms with E-state index in [1.54, 1.807) is 0 Å². The van der Waals surface area contributed by atoms with Gasteiger partial charge in [-0.3, -0.25) is 4.79 Å². The largest absolute Gasteiger partial charge is 0.338 e. The molecular formula is C13H14Br2INO. The number of hydrogen-bond acceptors (Lipinski definition) is 1. The minimum atomic E-state index is 0.144. The van der Waals surface area contributed by atoms with E-state index in [0.29, 0.717) is 5.92 Å². The van der Waals surface area contributed by atoms with Crippen LogP contribution in [0.5, 0.6) is 0 Å². The van der Waals surface area contributed by atoms with Gasteiger partial charge < -0.3 is 4.90 Å². The molecule has 1 amide bonds. The molecule has 0 radical (unpaired) electrons. The molecule has 0 spiro atoms. The smallest absolute Gasteiger partial charge is 0.255 e. The third-order valence-electron chi connectivity index (χ3n) is 3.18. The van der Waals surface area contributed by atoms with Crippen molar-refractivity contribution in [3.8, 4) is 0 Å². The Kier molecular flexibility index (Phi) is 5.50. The minimum Gasteiger partial charge on any atom is -0.338 e. The van der Waals surface area contributed by atoms with Crippen molar-refractivity contribution in [3.63, 3.8) is 0 Å². The maximum atomic E-state index is 12.5. The lowest BCUT2D eigenvalue weighted by Gasteiger charge is -2.32. The number of piperidine rings is 1. The molecule has 98 valence electrons. The van der Waals surface area contributed by atoms with Gasteiger partial charge in [-0.25, -0.2) is 0 Å². The molecule has 0 aromatic heterocycles. The summed E-state index contributed by atoms with van der Waals surface area (Å²) in [5.41, 5.74) is 0.775. The standard InChI is InChI=1S/C13H14Br2INO/c14-7-9-2-1-5-17(8-9)13(18)11-6-10(16)3-4-12(11)15/h3-4,6,9H,1-2,5,7-8H2. The van der Waals surface area contributed by atoms with Crippen molar-refractivity contribution in [1.82, 2.24) is 4.90 Å². The molecule has 2 nitrogen and oxygen atoms in total. The van der Waals surface area contributed by atoms with E-state index in [9.17, 15) is 4.79 Å². The quantitative estimate of drug-likeness (QED) is 0.451. The molecule has 1 saturated heterocycles. The summed E-state index contributed by atoms with van der Waals surface area (Å²) in [4.78, 5) is 14.5. The monoisotopic (exact) mass is 485 g/mol. The van der Waals surface area contributed by atoms with Gasteiger partial charge >= 0.3 is 0 Å². The molecule has 0 N–H and O–H groups in total. The van der Waals surface area contributed by atoms with Crippen molar-refractivity contribution in [1.29, 1.82) is 0 Å². The van der Waals surface area contributed by atoms with Crippen molar-refractivity contribution < 1.29 is 4.79 Å².